The van der Waals surface area contributed by atoms with Crippen LogP contribution < -0.4 is 5.32 Å². The highest BCUT2D eigenvalue weighted by Gasteiger charge is 2.32. The largest absolute Gasteiger partial charge is 0.335 e. The summed E-state index contributed by atoms with van der Waals surface area (Å²) in [4.78, 5) is 22.5. The molecule has 0 fully saturated rings. The average Bonchev–Trinajstić information content (AvgIpc) is 2.09. The van der Waals surface area contributed by atoms with E-state index in [0.29, 0.717) is 4.48 Å². The molecule has 1 rings (SSSR count). The van der Waals surface area contributed by atoms with E-state index in [0.717, 1.165) is 9.24 Å². The molecule has 0 aliphatic carbocycles. The highest BCUT2D eigenvalue weighted by Crippen LogP contribution is 2.27. The van der Waals surface area contributed by atoms with Crippen molar-refractivity contribution in [2.45, 2.75) is 19.9 Å². The molecule has 0 aromatic carbocycles. The molecule has 1 aliphatic heterocycles. The number of allylic oxidation sites excluding steroid dienone is 2. The zero-order chi connectivity index (χ0) is 10.9. The van der Waals surface area contributed by atoms with Crippen LogP contribution in [0.15, 0.2) is 20.9 Å². The first-order valence-corrected chi connectivity index (χ1v) is 5.53. The Morgan fingerprint density at radius 2 is 2.14 bits per heavy atom. The second-order valence-electron chi connectivity index (χ2n) is 2.91. The standard InChI is InChI=1S/C8H8Br2N2O2/c1-4-6(9)3-7(10)8(12(4)14)11-5(2)13/h3-4H,1-2H3/p+1. The fraction of sp³-hybridized carbons (Fsp3) is 0.375. The first-order valence-electron chi connectivity index (χ1n) is 3.94. The molecule has 0 radical (unpaired) electrons. The Morgan fingerprint density at radius 3 is 2.64 bits per heavy atom. The SMILES string of the molecule is CC(=O)NC1=C(Br)C=C(Br)C(C)[N+]1=O. The fourth-order valence-electron chi connectivity index (χ4n) is 1.00. The highest BCUT2D eigenvalue weighted by atomic mass is 79.9. The molecule has 0 saturated carbocycles. The van der Waals surface area contributed by atoms with E-state index in [1.807, 2.05) is 0 Å². The number of halogens is 2. The average molecular weight is 325 g/mol. The van der Waals surface area contributed by atoms with Gasteiger partial charge in [0, 0.05) is 11.4 Å². The van der Waals surface area contributed by atoms with Gasteiger partial charge in [-0.25, -0.2) is 10.1 Å². The minimum Gasteiger partial charge on any atom is -0.247 e. The predicted molar refractivity (Wildman–Crippen MR) is 59.9 cm³/mol. The molecule has 0 aromatic rings. The minimum atomic E-state index is -0.321. The number of amides is 1. The third-order valence-electron chi connectivity index (χ3n) is 1.76. The normalized spacial score (nSPS) is 22.1. The van der Waals surface area contributed by atoms with Gasteiger partial charge in [0.2, 0.25) is 0 Å². The number of nitrogens with one attached hydrogen (secondary N) is 1. The minimum absolute atomic E-state index is 0.244. The molecule has 0 aromatic heterocycles. The van der Waals surface area contributed by atoms with E-state index in [2.05, 4.69) is 37.2 Å². The Kier molecular flexibility index (Phi) is 3.60. The van der Waals surface area contributed by atoms with Gasteiger partial charge in [-0.15, -0.1) is 0 Å². The Hall–Kier alpha value is -0.490. The quantitative estimate of drug-likeness (QED) is 0.751. The van der Waals surface area contributed by atoms with Gasteiger partial charge < -0.3 is 0 Å². The number of hydrogen-bond acceptors (Lipinski definition) is 2. The molecule has 4 nitrogen and oxygen atoms in total. The summed E-state index contributed by atoms with van der Waals surface area (Å²) in [5.41, 5.74) is 0. The van der Waals surface area contributed by atoms with Gasteiger partial charge in [-0.2, -0.15) is 0 Å². The molecule has 1 N–H and O–H groups in total. The summed E-state index contributed by atoms with van der Waals surface area (Å²) in [6.07, 6.45) is 1.75. The number of carbonyl (C=O) groups excluding carboxylic acids is 1. The van der Waals surface area contributed by atoms with Crippen LogP contribution in [0.2, 0.25) is 0 Å². The first kappa shape index (κ1) is 11.6. The topological polar surface area (TPSA) is 49.2 Å². The number of nitroso groups, excluding NO2 is 1. The smallest absolute Gasteiger partial charge is 0.247 e. The zero-order valence-corrected chi connectivity index (χ0v) is 10.8. The van der Waals surface area contributed by atoms with Crippen molar-refractivity contribution < 1.29 is 9.55 Å². The van der Waals surface area contributed by atoms with Gasteiger partial charge in [0.15, 0.2) is 6.04 Å². The summed E-state index contributed by atoms with van der Waals surface area (Å²) in [6.45, 7) is 3.11. The van der Waals surface area contributed by atoms with Crippen molar-refractivity contribution in [1.82, 2.24) is 5.32 Å². The molecule has 1 atom stereocenters. The first-order chi connectivity index (χ1) is 6.43. The third-order valence-corrected chi connectivity index (χ3v) is 3.25. The molecule has 1 amide bonds. The van der Waals surface area contributed by atoms with Crippen molar-refractivity contribution in [2.75, 3.05) is 0 Å². The Bertz CT molecular complexity index is 360. The summed E-state index contributed by atoms with van der Waals surface area (Å²) in [6, 6.07) is -0.321. The summed E-state index contributed by atoms with van der Waals surface area (Å²) < 4.78 is 2.08. The highest BCUT2D eigenvalue weighted by molar-refractivity contribution is 9.12. The molecule has 14 heavy (non-hydrogen) atoms. The molecule has 1 unspecified atom stereocenters. The van der Waals surface area contributed by atoms with Gasteiger partial charge >= 0.3 is 11.7 Å². The van der Waals surface area contributed by atoms with E-state index in [-0.39, 0.29) is 17.8 Å². The molecular weight excluding hydrogens is 316 g/mol. The van der Waals surface area contributed by atoms with E-state index < -0.39 is 0 Å². The van der Waals surface area contributed by atoms with E-state index >= 15 is 0 Å². The summed E-state index contributed by atoms with van der Waals surface area (Å²) >= 11 is 6.48. The Morgan fingerprint density at radius 1 is 1.57 bits per heavy atom. The molecule has 76 valence electrons. The Labute approximate surface area is 98.3 Å². The van der Waals surface area contributed by atoms with Crippen LogP contribution >= 0.6 is 31.9 Å². The molecular formula is C8H9Br2N2O2+. The zero-order valence-electron chi connectivity index (χ0n) is 7.67. The van der Waals surface area contributed by atoms with E-state index in [1.165, 1.54) is 6.92 Å². The maximum absolute atomic E-state index is 11.6. The van der Waals surface area contributed by atoms with E-state index in [4.69, 9.17) is 0 Å². The Balaban J connectivity index is 3.06. The van der Waals surface area contributed by atoms with Crippen LogP contribution in [0.5, 0.6) is 0 Å². The fourth-order valence-corrected chi connectivity index (χ4v) is 2.25. The van der Waals surface area contributed by atoms with Crippen LogP contribution in [-0.4, -0.2) is 16.7 Å². The number of nitrogens with zero attached hydrogens (tertiary/aromatic N) is 1. The molecule has 0 bridgehead atoms. The van der Waals surface area contributed by atoms with Crippen molar-refractivity contribution in [3.05, 3.63) is 25.8 Å². The molecule has 1 aliphatic rings. The summed E-state index contributed by atoms with van der Waals surface area (Å²) in [5, 5.41) is 2.47. The van der Waals surface area contributed by atoms with Crippen molar-refractivity contribution >= 4 is 37.8 Å². The van der Waals surface area contributed by atoms with E-state index in [9.17, 15) is 9.70 Å². The molecule has 0 saturated heterocycles. The third kappa shape index (κ3) is 2.30. The van der Waals surface area contributed by atoms with Crippen molar-refractivity contribution in [3.8, 4) is 0 Å². The second-order valence-corrected chi connectivity index (χ2v) is 4.68. The lowest BCUT2D eigenvalue weighted by molar-refractivity contribution is -0.529. The lowest BCUT2D eigenvalue weighted by atomic mass is 10.2. The van der Waals surface area contributed by atoms with Crippen molar-refractivity contribution in [1.29, 1.82) is 0 Å². The lowest BCUT2D eigenvalue weighted by Gasteiger charge is -2.13. The van der Waals surface area contributed by atoms with Crippen LogP contribution in [0.1, 0.15) is 13.8 Å². The van der Waals surface area contributed by atoms with Gasteiger partial charge in [-0.1, -0.05) is 20.8 Å². The van der Waals surface area contributed by atoms with Gasteiger partial charge in [0.25, 0.3) is 0 Å². The van der Waals surface area contributed by atoms with Crippen LogP contribution in [0.3, 0.4) is 0 Å². The van der Waals surface area contributed by atoms with Gasteiger partial charge in [-0.05, 0) is 33.7 Å². The second kappa shape index (κ2) is 4.35. The van der Waals surface area contributed by atoms with Crippen molar-refractivity contribution in [3.63, 3.8) is 0 Å². The van der Waals surface area contributed by atoms with Gasteiger partial charge in [0.1, 0.15) is 4.48 Å². The van der Waals surface area contributed by atoms with Crippen LogP contribution in [0.4, 0.5) is 0 Å². The van der Waals surface area contributed by atoms with Gasteiger partial charge in [0.05, 0.1) is 0 Å². The molecule has 1 heterocycles. The lowest BCUT2D eigenvalue weighted by Crippen LogP contribution is -2.34. The number of hydrogen-bond donors (Lipinski definition) is 1. The maximum atomic E-state index is 11.6. The van der Waals surface area contributed by atoms with Crippen molar-refractivity contribution in [2.24, 2.45) is 0 Å². The predicted octanol–water partition coefficient (Wildman–Crippen LogP) is 2.15. The number of carbonyl (C=O) groups is 1. The van der Waals surface area contributed by atoms with E-state index in [1.54, 1.807) is 13.0 Å². The summed E-state index contributed by atoms with van der Waals surface area (Å²) in [5.74, 6) is -0.0235. The van der Waals surface area contributed by atoms with Crippen LogP contribution in [0.25, 0.3) is 0 Å². The van der Waals surface area contributed by atoms with Gasteiger partial charge in [-0.3, -0.25) is 0 Å². The summed E-state index contributed by atoms with van der Waals surface area (Å²) in [7, 11) is 0. The van der Waals surface area contributed by atoms with Crippen LogP contribution in [-0.2, 0) is 4.79 Å². The molecule has 6 heteroatoms. The number of rotatable bonds is 1. The van der Waals surface area contributed by atoms with Crippen LogP contribution in [0, 0.1) is 4.91 Å². The maximum Gasteiger partial charge on any atom is 0.335 e. The monoisotopic (exact) mass is 323 g/mol. The molecule has 0 spiro atoms.